The SMILES string of the molecule is CC1CCN(S(=O)(=O)c2cccc(-c3csc(=Nc4ccccc4)n3CCc3ccccc3)c2)CC1. The predicted octanol–water partition coefficient (Wildman–Crippen LogP) is 6.11. The molecular weight excluding hydrogens is 486 g/mol. The summed E-state index contributed by atoms with van der Waals surface area (Å²) in [7, 11) is -3.52. The number of rotatable bonds is 7. The van der Waals surface area contributed by atoms with Crippen LogP contribution in [0.1, 0.15) is 25.3 Å². The Morgan fingerprint density at radius 1 is 0.917 bits per heavy atom. The molecule has 3 aromatic carbocycles. The average Bonchev–Trinajstić information content (AvgIpc) is 3.31. The molecular formula is C29H31N3O2S2. The highest BCUT2D eigenvalue weighted by molar-refractivity contribution is 7.89. The van der Waals surface area contributed by atoms with Gasteiger partial charge in [0, 0.05) is 30.6 Å². The molecule has 1 fully saturated rings. The number of thiazole rings is 1. The molecule has 0 radical (unpaired) electrons. The summed E-state index contributed by atoms with van der Waals surface area (Å²) in [5.74, 6) is 0.573. The lowest BCUT2D eigenvalue weighted by molar-refractivity contribution is 0.288. The third-order valence-electron chi connectivity index (χ3n) is 6.76. The lowest BCUT2D eigenvalue weighted by Gasteiger charge is -2.29. The maximum atomic E-state index is 13.4. The number of para-hydroxylation sites is 1. The van der Waals surface area contributed by atoms with Crippen LogP contribution in [0, 0.1) is 5.92 Å². The summed E-state index contributed by atoms with van der Waals surface area (Å²) in [6.45, 7) is 4.11. The third-order valence-corrected chi connectivity index (χ3v) is 9.51. The molecule has 5 nitrogen and oxygen atoms in total. The second kappa shape index (κ2) is 10.9. The molecule has 0 saturated carbocycles. The summed E-state index contributed by atoms with van der Waals surface area (Å²) in [5, 5.41) is 2.08. The highest BCUT2D eigenvalue weighted by Gasteiger charge is 2.28. The Hall–Kier alpha value is -3.00. The zero-order valence-electron chi connectivity index (χ0n) is 20.5. The van der Waals surface area contributed by atoms with Gasteiger partial charge in [0.25, 0.3) is 0 Å². The monoisotopic (exact) mass is 517 g/mol. The van der Waals surface area contributed by atoms with E-state index in [-0.39, 0.29) is 0 Å². The first kappa shape index (κ1) is 24.7. The Labute approximate surface area is 217 Å². The topological polar surface area (TPSA) is 54.7 Å². The van der Waals surface area contributed by atoms with E-state index < -0.39 is 10.0 Å². The van der Waals surface area contributed by atoms with Crippen LogP contribution in [-0.4, -0.2) is 30.4 Å². The van der Waals surface area contributed by atoms with Crippen molar-refractivity contribution < 1.29 is 8.42 Å². The fourth-order valence-corrected chi connectivity index (χ4v) is 7.03. The number of benzene rings is 3. The van der Waals surface area contributed by atoms with E-state index in [1.54, 1.807) is 21.7 Å². The maximum absolute atomic E-state index is 13.4. The Balaban J connectivity index is 1.52. The Morgan fingerprint density at radius 3 is 2.33 bits per heavy atom. The molecule has 2 heterocycles. The third kappa shape index (κ3) is 5.53. The quantitative estimate of drug-likeness (QED) is 0.297. The largest absolute Gasteiger partial charge is 0.316 e. The van der Waals surface area contributed by atoms with Gasteiger partial charge in [-0.2, -0.15) is 4.31 Å². The molecule has 1 saturated heterocycles. The molecule has 0 aliphatic carbocycles. The second-order valence-electron chi connectivity index (χ2n) is 9.35. The first-order valence-corrected chi connectivity index (χ1v) is 14.8. The predicted molar refractivity (Wildman–Crippen MR) is 147 cm³/mol. The van der Waals surface area contributed by atoms with E-state index in [0.717, 1.165) is 47.6 Å². The molecule has 0 spiro atoms. The Morgan fingerprint density at radius 2 is 1.61 bits per heavy atom. The van der Waals surface area contributed by atoms with Gasteiger partial charge in [-0.1, -0.05) is 67.6 Å². The Kier molecular flexibility index (Phi) is 7.51. The van der Waals surface area contributed by atoms with Crippen molar-refractivity contribution in [3.63, 3.8) is 0 Å². The summed E-state index contributed by atoms with van der Waals surface area (Å²) in [6, 6.07) is 27.7. The lowest BCUT2D eigenvalue weighted by Crippen LogP contribution is -2.37. The standard InChI is InChI=1S/C29H31N3O2S2/c1-23-15-18-31(19-16-23)36(33,34)27-14-8-11-25(21-27)28-22-35-29(30-26-12-6-3-7-13-26)32(28)20-17-24-9-4-2-5-10-24/h2-14,21-23H,15-20H2,1H3. The van der Waals surface area contributed by atoms with Crippen LogP contribution in [0.5, 0.6) is 0 Å². The van der Waals surface area contributed by atoms with Gasteiger partial charge in [0.05, 0.1) is 16.3 Å². The molecule has 1 aliphatic heterocycles. The van der Waals surface area contributed by atoms with Crippen molar-refractivity contribution in [2.24, 2.45) is 10.9 Å². The van der Waals surface area contributed by atoms with Crippen molar-refractivity contribution in [1.82, 2.24) is 8.87 Å². The van der Waals surface area contributed by atoms with Gasteiger partial charge in [0.1, 0.15) is 0 Å². The van der Waals surface area contributed by atoms with Crippen molar-refractivity contribution in [3.8, 4) is 11.3 Å². The van der Waals surface area contributed by atoms with Crippen LogP contribution in [0.3, 0.4) is 0 Å². The number of aryl methyl sites for hydroxylation is 1. The fourth-order valence-electron chi connectivity index (χ4n) is 4.55. The summed E-state index contributed by atoms with van der Waals surface area (Å²) in [5.41, 5.74) is 4.02. The van der Waals surface area contributed by atoms with Crippen LogP contribution in [0.4, 0.5) is 5.69 Å². The van der Waals surface area contributed by atoms with Gasteiger partial charge in [0.2, 0.25) is 10.0 Å². The van der Waals surface area contributed by atoms with Crippen LogP contribution < -0.4 is 4.80 Å². The molecule has 5 rings (SSSR count). The molecule has 1 aromatic heterocycles. The minimum atomic E-state index is -3.52. The van der Waals surface area contributed by atoms with E-state index in [4.69, 9.17) is 4.99 Å². The van der Waals surface area contributed by atoms with Crippen LogP contribution in [-0.2, 0) is 23.0 Å². The van der Waals surface area contributed by atoms with Crippen molar-refractivity contribution in [1.29, 1.82) is 0 Å². The number of hydrogen-bond donors (Lipinski definition) is 0. The fraction of sp³-hybridized carbons (Fsp3) is 0.276. The lowest BCUT2D eigenvalue weighted by atomic mass is 10.0. The van der Waals surface area contributed by atoms with Crippen molar-refractivity contribution in [2.75, 3.05) is 13.1 Å². The second-order valence-corrected chi connectivity index (χ2v) is 12.1. The van der Waals surface area contributed by atoms with Crippen LogP contribution >= 0.6 is 11.3 Å². The first-order chi connectivity index (χ1) is 17.5. The molecule has 186 valence electrons. The maximum Gasteiger partial charge on any atom is 0.243 e. The molecule has 7 heteroatoms. The first-order valence-electron chi connectivity index (χ1n) is 12.4. The van der Waals surface area contributed by atoms with E-state index >= 15 is 0 Å². The molecule has 4 aromatic rings. The number of sulfonamides is 1. The summed E-state index contributed by atoms with van der Waals surface area (Å²) >= 11 is 1.58. The van der Waals surface area contributed by atoms with Gasteiger partial charge in [0.15, 0.2) is 4.80 Å². The van der Waals surface area contributed by atoms with E-state index in [1.165, 1.54) is 5.56 Å². The number of hydrogen-bond acceptors (Lipinski definition) is 4. The van der Waals surface area contributed by atoms with Gasteiger partial charge in [-0.15, -0.1) is 11.3 Å². The number of piperidine rings is 1. The molecule has 0 atom stereocenters. The van der Waals surface area contributed by atoms with Crippen LogP contribution in [0.2, 0.25) is 0 Å². The van der Waals surface area contributed by atoms with Crippen molar-refractivity contribution in [3.05, 3.63) is 101 Å². The zero-order valence-corrected chi connectivity index (χ0v) is 22.1. The van der Waals surface area contributed by atoms with E-state index in [0.29, 0.717) is 23.9 Å². The average molecular weight is 518 g/mol. The van der Waals surface area contributed by atoms with E-state index in [9.17, 15) is 8.42 Å². The van der Waals surface area contributed by atoms with Gasteiger partial charge in [-0.3, -0.25) is 0 Å². The van der Waals surface area contributed by atoms with Crippen LogP contribution in [0.15, 0.2) is 100 Å². The normalized spacial score (nSPS) is 15.9. The van der Waals surface area contributed by atoms with Gasteiger partial charge >= 0.3 is 0 Å². The minimum Gasteiger partial charge on any atom is -0.316 e. The number of aromatic nitrogens is 1. The smallest absolute Gasteiger partial charge is 0.243 e. The summed E-state index contributed by atoms with van der Waals surface area (Å²) in [6.07, 6.45) is 2.68. The van der Waals surface area contributed by atoms with Crippen molar-refractivity contribution in [2.45, 2.75) is 37.6 Å². The number of nitrogens with zero attached hydrogens (tertiary/aromatic N) is 3. The minimum absolute atomic E-state index is 0.358. The molecule has 1 aliphatic rings. The molecule has 36 heavy (non-hydrogen) atoms. The van der Waals surface area contributed by atoms with Gasteiger partial charge in [-0.25, -0.2) is 13.4 Å². The molecule has 0 amide bonds. The highest BCUT2D eigenvalue weighted by atomic mass is 32.2. The Bertz CT molecular complexity index is 1470. The summed E-state index contributed by atoms with van der Waals surface area (Å²) in [4.78, 5) is 6.16. The van der Waals surface area contributed by atoms with Crippen molar-refractivity contribution >= 4 is 27.0 Å². The molecule has 0 bridgehead atoms. The molecule has 0 unspecified atom stereocenters. The van der Waals surface area contributed by atoms with Gasteiger partial charge in [-0.05, 0) is 55.0 Å². The van der Waals surface area contributed by atoms with Crippen LogP contribution in [0.25, 0.3) is 11.3 Å². The zero-order chi connectivity index (χ0) is 25.0. The summed E-state index contributed by atoms with van der Waals surface area (Å²) < 4.78 is 30.7. The van der Waals surface area contributed by atoms with Gasteiger partial charge < -0.3 is 4.57 Å². The molecule has 0 N–H and O–H groups in total. The highest BCUT2D eigenvalue weighted by Crippen LogP contribution is 2.28. The van der Waals surface area contributed by atoms with E-state index in [1.807, 2.05) is 54.6 Å². The van der Waals surface area contributed by atoms with E-state index in [2.05, 4.69) is 41.1 Å².